The lowest BCUT2D eigenvalue weighted by Gasteiger charge is -2.31. The molecule has 2 amide bonds. The Morgan fingerprint density at radius 2 is 1.80 bits per heavy atom. The number of hydrogen-bond donors (Lipinski definition) is 0. The van der Waals surface area contributed by atoms with Crippen LogP contribution >= 0.6 is 0 Å². The van der Waals surface area contributed by atoms with Crippen LogP contribution in [-0.4, -0.2) is 54.8 Å². The summed E-state index contributed by atoms with van der Waals surface area (Å²) in [5, 5.41) is 1.16. The van der Waals surface area contributed by atoms with E-state index in [1.54, 1.807) is 34.9 Å². The summed E-state index contributed by atoms with van der Waals surface area (Å²) in [6, 6.07) is -0.540. The molecule has 1 atom stereocenters. The number of hydrogen-bond acceptors (Lipinski definition) is 4. The van der Waals surface area contributed by atoms with Gasteiger partial charge in [0.05, 0.1) is 7.11 Å². The van der Waals surface area contributed by atoms with Gasteiger partial charge < -0.3 is 4.74 Å². The van der Waals surface area contributed by atoms with Crippen LogP contribution in [-0.2, 0) is 14.4 Å². The minimum atomic E-state index is -0.578. The maximum Gasteiger partial charge on any atom is 0.410 e. The first-order chi connectivity index (χ1) is 9.15. The molecule has 0 radical (unpaired) electrons. The molecule has 1 aliphatic carbocycles. The first-order valence-corrected chi connectivity index (χ1v) is 6.93. The van der Waals surface area contributed by atoms with Crippen molar-refractivity contribution in [3.05, 3.63) is 0 Å². The molecule has 0 saturated heterocycles. The minimum Gasteiger partial charge on any atom is -0.444 e. The van der Waals surface area contributed by atoms with E-state index in [9.17, 15) is 9.59 Å². The summed E-state index contributed by atoms with van der Waals surface area (Å²) in [7, 11) is 4.58. The lowest BCUT2D eigenvalue weighted by atomic mass is 10.1. The molecule has 1 rings (SSSR count). The molecular weight excluding hydrogens is 260 g/mol. The second-order valence-corrected chi connectivity index (χ2v) is 6.30. The van der Waals surface area contributed by atoms with Gasteiger partial charge >= 0.3 is 6.09 Å². The Morgan fingerprint density at radius 3 is 2.20 bits per heavy atom. The quantitative estimate of drug-likeness (QED) is 0.726. The normalized spacial score (nSPS) is 16.5. The number of rotatable bonds is 5. The minimum absolute atomic E-state index is 0.229. The molecule has 0 aromatic rings. The average molecular weight is 286 g/mol. The van der Waals surface area contributed by atoms with Crippen molar-refractivity contribution in [2.45, 2.75) is 51.7 Å². The van der Waals surface area contributed by atoms with Crippen molar-refractivity contribution in [1.82, 2.24) is 9.96 Å². The fourth-order valence-corrected chi connectivity index (χ4v) is 1.85. The third-order valence-corrected chi connectivity index (χ3v) is 3.27. The van der Waals surface area contributed by atoms with Crippen molar-refractivity contribution >= 4 is 12.0 Å². The Labute approximate surface area is 121 Å². The van der Waals surface area contributed by atoms with Gasteiger partial charge in [0.25, 0.3) is 5.91 Å². The molecule has 1 aliphatic rings. The van der Waals surface area contributed by atoms with E-state index >= 15 is 0 Å². The second-order valence-electron chi connectivity index (χ2n) is 6.30. The highest BCUT2D eigenvalue weighted by atomic mass is 16.7. The lowest BCUT2D eigenvalue weighted by molar-refractivity contribution is -0.174. The largest absolute Gasteiger partial charge is 0.444 e. The summed E-state index contributed by atoms with van der Waals surface area (Å²) >= 11 is 0. The van der Waals surface area contributed by atoms with E-state index in [4.69, 9.17) is 9.57 Å². The van der Waals surface area contributed by atoms with Crippen LogP contribution in [0, 0.1) is 5.92 Å². The topological polar surface area (TPSA) is 59.1 Å². The van der Waals surface area contributed by atoms with Gasteiger partial charge in [-0.05, 0) is 33.1 Å². The molecule has 0 bridgehead atoms. The van der Waals surface area contributed by atoms with E-state index < -0.39 is 17.7 Å². The van der Waals surface area contributed by atoms with Crippen LogP contribution < -0.4 is 0 Å². The summed E-state index contributed by atoms with van der Waals surface area (Å²) in [5.41, 5.74) is -0.578. The monoisotopic (exact) mass is 286 g/mol. The predicted molar refractivity (Wildman–Crippen MR) is 74.9 cm³/mol. The van der Waals surface area contributed by atoms with Crippen LogP contribution in [0.4, 0.5) is 4.79 Å². The molecule has 20 heavy (non-hydrogen) atoms. The van der Waals surface area contributed by atoms with Gasteiger partial charge in [0.2, 0.25) is 0 Å². The van der Waals surface area contributed by atoms with Crippen molar-refractivity contribution in [2.75, 3.05) is 21.2 Å². The average Bonchev–Trinajstić information content (AvgIpc) is 3.15. The van der Waals surface area contributed by atoms with Crippen LogP contribution in [0.3, 0.4) is 0 Å². The molecule has 0 aromatic carbocycles. The molecule has 0 N–H and O–H groups in total. The molecule has 6 nitrogen and oxygen atoms in total. The molecule has 1 saturated carbocycles. The summed E-state index contributed by atoms with van der Waals surface area (Å²) in [6.45, 7) is 5.41. The summed E-state index contributed by atoms with van der Waals surface area (Å²) in [6.07, 6.45) is 2.40. The Kier molecular flexibility index (Phi) is 5.39. The van der Waals surface area contributed by atoms with Crippen LogP contribution in [0.25, 0.3) is 0 Å². The molecule has 0 aromatic heterocycles. The number of carbonyl (C=O) groups is 2. The van der Waals surface area contributed by atoms with Crippen molar-refractivity contribution in [2.24, 2.45) is 5.92 Å². The standard InChI is InChI=1S/C14H26N2O4/c1-14(2,3)20-13(18)15(4)11(9-10-7-8-10)12(17)16(5)19-6/h10-11H,7-9H2,1-6H3/t11-/m0/s1. The van der Waals surface area contributed by atoms with E-state index in [0.29, 0.717) is 12.3 Å². The van der Waals surface area contributed by atoms with Gasteiger partial charge in [0.15, 0.2) is 0 Å². The highest BCUT2D eigenvalue weighted by Crippen LogP contribution is 2.35. The smallest absolute Gasteiger partial charge is 0.410 e. The van der Waals surface area contributed by atoms with Crippen molar-refractivity contribution in [3.63, 3.8) is 0 Å². The maximum absolute atomic E-state index is 12.3. The molecule has 0 heterocycles. The van der Waals surface area contributed by atoms with Gasteiger partial charge in [-0.15, -0.1) is 0 Å². The number of amides is 2. The van der Waals surface area contributed by atoms with E-state index in [1.807, 2.05) is 0 Å². The fourth-order valence-electron chi connectivity index (χ4n) is 1.85. The summed E-state index contributed by atoms with van der Waals surface area (Å²) in [4.78, 5) is 30.7. The fraction of sp³-hybridized carbons (Fsp3) is 0.857. The van der Waals surface area contributed by atoms with E-state index in [1.165, 1.54) is 12.0 Å². The summed E-state index contributed by atoms with van der Waals surface area (Å²) in [5.74, 6) is 0.284. The van der Waals surface area contributed by atoms with Crippen molar-refractivity contribution < 1.29 is 19.2 Å². The van der Waals surface area contributed by atoms with Crippen LogP contribution in [0.5, 0.6) is 0 Å². The third kappa shape index (κ3) is 5.00. The van der Waals surface area contributed by atoms with Crippen LogP contribution in [0.15, 0.2) is 0 Å². The van der Waals surface area contributed by atoms with Crippen molar-refractivity contribution in [1.29, 1.82) is 0 Å². The first kappa shape index (κ1) is 16.8. The third-order valence-electron chi connectivity index (χ3n) is 3.27. The molecule has 0 unspecified atom stereocenters. The number of ether oxygens (including phenoxy) is 1. The van der Waals surface area contributed by atoms with E-state index in [-0.39, 0.29) is 5.91 Å². The number of hydroxylamine groups is 2. The summed E-state index contributed by atoms with van der Waals surface area (Å²) < 4.78 is 5.32. The molecular formula is C14H26N2O4. The van der Waals surface area contributed by atoms with Crippen LogP contribution in [0.2, 0.25) is 0 Å². The molecule has 1 fully saturated rings. The number of nitrogens with zero attached hydrogens (tertiary/aromatic N) is 2. The Bertz CT molecular complexity index is 361. The van der Waals surface area contributed by atoms with Gasteiger partial charge in [0.1, 0.15) is 11.6 Å². The van der Waals surface area contributed by atoms with Gasteiger partial charge in [-0.2, -0.15) is 0 Å². The second kappa shape index (κ2) is 6.43. The van der Waals surface area contributed by atoms with Gasteiger partial charge in [-0.25, -0.2) is 9.86 Å². The molecule has 0 aliphatic heterocycles. The van der Waals surface area contributed by atoms with E-state index in [2.05, 4.69) is 0 Å². The maximum atomic E-state index is 12.3. The highest BCUT2D eigenvalue weighted by Gasteiger charge is 2.36. The Hall–Kier alpha value is -1.30. The highest BCUT2D eigenvalue weighted by molar-refractivity contribution is 5.84. The molecule has 0 spiro atoms. The van der Waals surface area contributed by atoms with E-state index in [0.717, 1.165) is 17.9 Å². The predicted octanol–water partition coefficient (Wildman–Crippen LogP) is 2.04. The Balaban J connectivity index is 2.75. The van der Waals surface area contributed by atoms with Gasteiger partial charge in [0, 0.05) is 14.1 Å². The lowest BCUT2D eigenvalue weighted by Crippen LogP contribution is -2.49. The van der Waals surface area contributed by atoms with Crippen molar-refractivity contribution in [3.8, 4) is 0 Å². The number of likely N-dealkylation sites (N-methyl/N-ethyl adjacent to an activating group) is 2. The first-order valence-electron chi connectivity index (χ1n) is 6.93. The number of carbonyl (C=O) groups excluding carboxylic acids is 2. The zero-order valence-corrected chi connectivity index (χ0v) is 13.3. The molecule has 116 valence electrons. The van der Waals surface area contributed by atoms with Gasteiger partial charge in [-0.3, -0.25) is 14.5 Å². The Morgan fingerprint density at radius 1 is 1.25 bits per heavy atom. The zero-order valence-electron chi connectivity index (χ0n) is 13.3. The SMILES string of the molecule is CON(C)C(=O)[C@H](CC1CC1)N(C)C(=O)OC(C)(C)C. The van der Waals surface area contributed by atoms with Crippen LogP contribution in [0.1, 0.15) is 40.0 Å². The zero-order chi connectivity index (χ0) is 15.5. The van der Waals surface area contributed by atoms with Gasteiger partial charge in [-0.1, -0.05) is 12.8 Å². The molecule has 6 heteroatoms.